The number of nitrogens with one attached hydrogen (secondary N) is 1. The van der Waals surface area contributed by atoms with Crippen LogP contribution in [0.3, 0.4) is 0 Å². The van der Waals surface area contributed by atoms with Gasteiger partial charge in [-0.2, -0.15) is 0 Å². The van der Waals surface area contributed by atoms with Crippen LogP contribution in [0.4, 0.5) is 0 Å². The van der Waals surface area contributed by atoms with E-state index < -0.39 is 12.6 Å². The van der Waals surface area contributed by atoms with E-state index in [9.17, 15) is 14.4 Å². The molecule has 5 rings (SSSR count). The first-order valence-corrected chi connectivity index (χ1v) is 13.6. The molecule has 0 unspecified atom stereocenters. The van der Waals surface area contributed by atoms with Crippen molar-refractivity contribution in [1.82, 2.24) is 9.97 Å². The van der Waals surface area contributed by atoms with E-state index in [4.69, 9.17) is 9.72 Å². The quantitative estimate of drug-likeness (QED) is 0.209. The summed E-state index contributed by atoms with van der Waals surface area (Å²) >= 11 is 0. The maximum atomic E-state index is 13.5. The molecule has 0 radical (unpaired) electrons. The zero-order valence-corrected chi connectivity index (χ0v) is 23.9. The normalized spacial score (nSPS) is 14.0. The van der Waals surface area contributed by atoms with Gasteiger partial charge in [-0.15, -0.1) is 0 Å². The van der Waals surface area contributed by atoms with E-state index in [0.717, 1.165) is 28.8 Å². The number of carbonyl (C=O) groups is 3. The number of hydrogen-bond donors (Lipinski definition) is 1. The van der Waals surface area contributed by atoms with E-state index in [1.54, 1.807) is 13.8 Å². The number of para-hydroxylation sites is 1. The van der Waals surface area contributed by atoms with Crippen molar-refractivity contribution in [2.45, 2.75) is 59.8 Å². The van der Waals surface area contributed by atoms with E-state index in [1.807, 2.05) is 24.3 Å². The molecule has 2 aromatic heterocycles. The van der Waals surface area contributed by atoms with Crippen LogP contribution >= 0.6 is 0 Å². The van der Waals surface area contributed by atoms with Crippen molar-refractivity contribution in [1.29, 1.82) is 0 Å². The van der Waals surface area contributed by atoms with Gasteiger partial charge in [-0.1, -0.05) is 63.2 Å². The second-order valence-corrected chi connectivity index (χ2v) is 11.6. The number of aromatic amines is 1. The van der Waals surface area contributed by atoms with Crippen molar-refractivity contribution in [2.75, 3.05) is 6.61 Å². The molecule has 4 aromatic rings. The number of aryl methyl sites for hydroxylation is 1. The number of ketones is 2. The Morgan fingerprint density at radius 2 is 1.68 bits per heavy atom. The third-order valence-corrected chi connectivity index (χ3v) is 7.67. The molecule has 40 heavy (non-hydrogen) atoms. The number of Topliss-reactive ketones (excluding diaryl/α,β-unsaturated/α-hetero) is 2. The van der Waals surface area contributed by atoms with Gasteiger partial charge in [0.2, 0.25) is 5.78 Å². The van der Waals surface area contributed by atoms with E-state index in [2.05, 4.69) is 56.1 Å². The Morgan fingerprint density at radius 3 is 2.33 bits per heavy atom. The number of carbonyl (C=O) groups excluding carboxylic acids is 3. The first kappa shape index (κ1) is 27.3. The van der Waals surface area contributed by atoms with Crippen LogP contribution in [0.5, 0.6) is 0 Å². The Balaban J connectivity index is 1.46. The summed E-state index contributed by atoms with van der Waals surface area (Å²) in [5.74, 6) is -1.04. The summed E-state index contributed by atoms with van der Waals surface area (Å²) in [6.07, 6.45) is 3.56. The molecule has 1 aliphatic rings. The summed E-state index contributed by atoms with van der Waals surface area (Å²) in [4.78, 5) is 46.4. The lowest BCUT2D eigenvalue weighted by atomic mass is 9.86. The van der Waals surface area contributed by atoms with Crippen LogP contribution in [0, 0.1) is 13.8 Å². The smallest absolute Gasteiger partial charge is 0.339 e. The first-order valence-electron chi connectivity index (χ1n) is 13.6. The van der Waals surface area contributed by atoms with Gasteiger partial charge in [0, 0.05) is 16.6 Å². The van der Waals surface area contributed by atoms with Gasteiger partial charge in [0.25, 0.3) is 0 Å². The predicted molar refractivity (Wildman–Crippen MR) is 158 cm³/mol. The number of benzene rings is 2. The summed E-state index contributed by atoms with van der Waals surface area (Å²) in [5.41, 5.74) is 8.33. The maximum Gasteiger partial charge on any atom is 0.339 e. The fourth-order valence-electron chi connectivity index (χ4n) is 5.63. The minimum atomic E-state index is -0.549. The van der Waals surface area contributed by atoms with Crippen LogP contribution in [-0.4, -0.2) is 34.1 Å². The van der Waals surface area contributed by atoms with Crippen molar-refractivity contribution >= 4 is 40.1 Å². The molecule has 0 atom stereocenters. The molecule has 6 nitrogen and oxygen atoms in total. The molecule has 204 valence electrons. The monoisotopic (exact) mass is 534 g/mol. The van der Waals surface area contributed by atoms with Crippen LogP contribution in [0.2, 0.25) is 0 Å². The minimum Gasteiger partial charge on any atom is -0.454 e. The highest BCUT2D eigenvalue weighted by Crippen LogP contribution is 2.38. The van der Waals surface area contributed by atoms with Crippen molar-refractivity contribution in [3.05, 3.63) is 99.0 Å². The van der Waals surface area contributed by atoms with Crippen LogP contribution < -0.4 is 0 Å². The van der Waals surface area contributed by atoms with E-state index in [1.165, 1.54) is 12.5 Å². The standard InChI is InChI=1S/C34H34N2O4/c1-19-29(21(3)37)20(2)35-31(19)28(38)18-40-33(39)30-25-9-7-8-10-27(25)36-32-23(13-16-26(30)32)17-22-11-14-24(15-12-22)34(4,5)6/h7-12,14-15,17,35H,13,16,18H2,1-6H3/b23-17-. The predicted octanol–water partition coefficient (Wildman–Crippen LogP) is 7.21. The molecule has 0 spiro atoms. The van der Waals surface area contributed by atoms with E-state index in [0.29, 0.717) is 45.4 Å². The van der Waals surface area contributed by atoms with Crippen molar-refractivity contribution < 1.29 is 19.1 Å². The number of esters is 1. The molecular weight excluding hydrogens is 500 g/mol. The molecule has 6 heteroatoms. The molecule has 0 aliphatic heterocycles. The van der Waals surface area contributed by atoms with Crippen LogP contribution in [0.1, 0.15) is 99.0 Å². The van der Waals surface area contributed by atoms with Crippen molar-refractivity contribution in [2.24, 2.45) is 0 Å². The minimum absolute atomic E-state index is 0.0802. The van der Waals surface area contributed by atoms with Gasteiger partial charge in [-0.05, 0) is 79.0 Å². The number of allylic oxidation sites excluding steroid dienone is 1. The summed E-state index contributed by atoms with van der Waals surface area (Å²) in [7, 11) is 0. The van der Waals surface area contributed by atoms with Crippen LogP contribution in [0.15, 0.2) is 48.5 Å². The number of pyridine rings is 1. The average molecular weight is 535 g/mol. The van der Waals surface area contributed by atoms with E-state index in [-0.39, 0.29) is 17.0 Å². The Kier molecular flexibility index (Phi) is 7.05. The number of nitrogens with zero attached hydrogens (tertiary/aromatic N) is 1. The molecule has 0 amide bonds. The van der Waals surface area contributed by atoms with Gasteiger partial charge < -0.3 is 9.72 Å². The van der Waals surface area contributed by atoms with Crippen LogP contribution in [0.25, 0.3) is 22.6 Å². The highest BCUT2D eigenvalue weighted by Gasteiger charge is 2.29. The topological polar surface area (TPSA) is 89.1 Å². The molecule has 0 bridgehead atoms. The largest absolute Gasteiger partial charge is 0.454 e. The first-order chi connectivity index (χ1) is 19.0. The number of hydrogen-bond acceptors (Lipinski definition) is 5. The van der Waals surface area contributed by atoms with Gasteiger partial charge in [0.1, 0.15) is 0 Å². The summed E-state index contributed by atoms with van der Waals surface area (Å²) in [5, 5.41) is 0.709. The Labute approximate surface area is 234 Å². The highest BCUT2D eigenvalue weighted by atomic mass is 16.5. The molecule has 2 aromatic carbocycles. The van der Waals surface area contributed by atoms with Gasteiger partial charge in [-0.25, -0.2) is 9.78 Å². The molecule has 0 saturated heterocycles. The molecule has 0 fully saturated rings. The van der Waals surface area contributed by atoms with E-state index >= 15 is 0 Å². The maximum absolute atomic E-state index is 13.5. The van der Waals surface area contributed by atoms with Crippen LogP contribution in [-0.2, 0) is 16.6 Å². The fraction of sp³-hybridized carbons (Fsp3) is 0.294. The number of ether oxygens (including phenoxy) is 1. The van der Waals surface area contributed by atoms with Gasteiger partial charge >= 0.3 is 5.97 Å². The van der Waals surface area contributed by atoms with Crippen molar-refractivity contribution in [3.63, 3.8) is 0 Å². The summed E-state index contributed by atoms with van der Waals surface area (Å²) in [6, 6.07) is 16.1. The number of aromatic nitrogens is 2. The number of H-pyrrole nitrogens is 1. The van der Waals surface area contributed by atoms with Gasteiger partial charge in [0.05, 0.1) is 22.5 Å². The third-order valence-electron chi connectivity index (χ3n) is 7.67. The number of rotatable bonds is 6. The summed E-state index contributed by atoms with van der Waals surface area (Å²) < 4.78 is 5.60. The summed E-state index contributed by atoms with van der Waals surface area (Å²) in [6.45, 7) is 11.1. The fourth-order valence-corrected chi connectivity index (χ4v) is 5.63. The Morgan fingerprint density at radius 1 is 0.975 bits per heavy atom. The molecule has 0 saturated carbocycles. The molecule has 1 aliphatic carbocycles. The zero-order chi connectivity index (χ0) is 28.8. The Bertz CT molecular complexity index is 1700. The lowest BCUT2D eigenvalue weighted by Crippen LogP contribution is -2.17. The SMILES string of the molecule is CC(=O)c1c(C)[nH]c(C(=O)COC(=O)c2c3c(nc4ccccc24)/C(=C\c2ccc(C(C)(C)C)cc2)CC3)c1C. The van der Waals surface area contributed by atoms with Crippen molar-refractivity contribution in [3.8, 4) is 0 Å². The zero-order valence-electron chi connectivity index (χ0n) is 23.9. The third kappa shape index (κ3) is 5.02. The second-order valence-electron chi connectivity index (χ2n) is 11.6. The van der Waals surface area contributed by atoms with Gasteiger partial charge in [-0.3, -0.25) is 9.59 Å². The average Bonchev–Trinajstić information content (AvgIpc) is 3.44. The molecule has 2 heterocycles. The molecule has 1 N–H and O–H groups in total. The molecular formula is C34H34N2O4. The Hall–Kier alpha value is -4.32. The number of fused-ring (bicyclic) bond motifs is 2. The highest BCUT2D eigenvalue weighted by molar-refractivity contribution is 6.09. The lowest BCUT2D eigenvalue weighted by molar-refractivity contribution is 0.0474. The second kappa shape index (κ2) is 10.3. The van der Waals surface area contributed by atoms with Gasteiger partial charge in [0.15, 0.2) is 12.4 Å². The lowest BCUT2D eigenvalue weighted by Gasteiger charge is -2.18.